The molecule has 0 aliphatic carbocycles. The second-order valence-corrected chi connectivity index (χ2v) is 7.16. The molecule has 0 aromatic heterocycles. The Balaban J connectivity index is 2.12. The summed E-state index contributed by atoms with van der Waals surface area (Å²) in [7, 11) is 0. The third-order valence-corrected chi connectivity index (χ3v) is 4.37. The maximum Gasteiger partial charge on any atom is 0.272 e. The standard InChI is InChI=1S/C21H26N2O4/c1-13(2)17-7-6-8-18(14(3)4)21(17)22-20(24)12-27-16-9-10-19(23(25)26)15(5)11-16/h6-11,13-14H,12H2,1-5H3,(H,22,24). The van der Waals surface area contributed by atoms with Gasteiger partial charge >= 0.3 is 0 Å². The van der Waals surface area contributed by atoms with E-state index in [0.29, 0.717) is 11.3 Å². The Morgan fingerprint density at radius 1 is 1.11 bits per heavy atom. The van der Waals surface area contributed by atoms with Crippen molar-refractivity contribution in [3.8, 4) is 5.75 Å². The lowest BCUT2D eigenvalue weighted by Gasteiger charge is -2.20. The average Bonchev–Trinajstić information content (AvgIpc) is 2.59. The molecule has 2 aromatic carbocycles. The largest absolute Gasteiger partial charge is 0.484 e. The summed E-state index contributed by atoms with van der Waals surface area (Å²) < 4.78 is 5.52. The molecule has 2 aromatic rings. The van der Waals surface area contributed by atoms with Gasteiger partial charge in [-0.2, -0.15) is 0 Å². The Bertz CT molecular complexity index is 818. The number of nitro groups is 1. The van der Waals surface area contributed by atoms with Gasteiger partial charge in [-0.15, -0.1) is 0 Å². The Kier molecular flexibility index (Phi) is 6.55. The Hall–Kier alpha value is -2.89. The summed E-state index contributed by atoms with van der Waals surface area (Å²) in [6.07, 6.45) is 0. The van der Waals surface area contributed by atoms with Crippen LogP contribution in [0.2, 0.25) is 0 Å². The molecule has 1 amide bonds. The van der Waals surface area contributed by atoms with Crippen LogP contribution >= 0.6 is 0 Å². The number of aryl methyl sites for hydroxylation is 1. The SMILES string of the molecule is Cc1cc(OCC(=O)Nc2c(C(C)C)cccc2C(C)C)ccc1[N+](=O)[O-]. The topological polar surface area (TPSA) is 81.5 Å². The van der Waals surface area contributed by atoms with Crippen LogP contribution in [0.25, 0.3) is 0 Å². The quantitative estimate of drug-likeness (QED) is 0.538. The van der Waals surface area contributed by atoms with Gasteiger partial charge in [0.1, 0.15) is 5.75 Å². The molecule has 0 unspecified atom stereocenters. The fourth-order valence-electron chi connectivity index (χ4n) is 2.94. The van der Waals surface area contributed by atoms with Crippen molar-refractivity contribution in [2.75, 3.05) is 11.9 Å². The molecule has 0 bridgehead atoms. The van der Waals surface area contributed by atoms with Crippen molar-refractivity contribution in [2.45, 2.75) is 46.5 Å². The molecule has 0 saturated carbocycles. The molecule has 0 atom stereocenters. The molecule has 0 heterocycles. The monoisotopic (exact) mass is 370 g/mol. The van der Waals surface area contributed by atoms with Crippen LogP contribution in [-0.4, -0.2) is 17.4 Å². The van der Waals surface area contributed by atoms with Crippen molar-refractivity contribution in [2.24, 2.45) is 0 Å². The van der Waals surface area contributed by atoms with E-state index in [1.807, 2.05) is 18.2 Å². The van der Waals surface area contributed by atoms with E-state index in [2.05, 4.69) is 33.0 Å². The van der Waals surface area contributed by atoms with E-state index in [4.69, 9.17) is 4.74 Å². The normalized spacial score (nSPS) is 10.9. The number of benzene rings is 2. The molecule has 27 heavy (non-hydrogen) atoms. The highest BCUT2D eigenvalue weighted by molar-refractivity contribution is 5.93. The molecular formula is C21H26N2O4. The van der Waals surface area contributed by atoms with Gasteiger partial charge in [-0.25, -0.2) is 0 Å². The first-order valence-electron chi connectivity index (χ1n) is 9.01. The highest BCUT2D eigenvalue weighted by Gasteiger charge is 2.17. The minimum Gasteiger partial charge on any atom is -0.484 e. The second kappa shape index (κ2) is 8.66. The highest BCUT2D eigenvalue weighted by atomic mass is 16.6. The van der Waals surface area contributed by atoms with E-state index >= 15 is 0 Å². The number of ether oxygens (including phenoxy) is 1. The first-order chi connectivity index (χ1) is 12.7. The fourth-order valence-corrected chi connectivity index (χ4v) is 2.94. The van der Waals surface area contributed by atoms with Gasteiger partial charge in [-0.1, -0.05) is 45.9 Å². The fraction of sp³-hybridized carbons (Fsp3) is 0.381. The summed E-state index contributed by atoms with van der Waals surface area (Å²) in [5.74, 6) is 0.713. The van der Waals surface area contributed by atoms with Gasteiger partial charge in [0, 0.05) is 17.3 Å². The van der Waals surface area contributed by atoms with E-state index < -0.39 is 4.92 Å². The number of nitrogens with zero attached hydrogens (tertiary/aromatic N) is 1. The van der Waals surface area contributed by atoms with Crippen LogP contribution < -0.4 is 10.1 Å². The predicted octanol–water partition coefficient (Wildman–Crippen LogP) is 5.17. The van der Waals surface area contributed by atoms with Crippen molar-refractivity contribution in [3.05, 3.63) is 63.2 Å². The van der Waals surface area contributed by atoms with E-state index in [-0.39, 0.29) is 30.0 Å². The zero-order valence-electron chi connectivity index (χ0n) is 16.4. The van der Waals surface area contributed by atoms with E-state index in [1.54, 1.807) is 13.0 Å². The van der Waals surface area contributed by atoms with Crippen LogP contribution in [0.3, 0.4) is 0 Å². The summed E-state index contributed by atoms with van der Waals surface area (Å²) in [5.41, 5.74) is 3.53. The molecule has 6 nitrogen and oxygen atoms in total. The van der Waals surface area contributed by atoms with Crippen LogP contribution in [0.4, 0.5) is 11.4 Å². The summed E-state index contributed by atoms with van der Waals surface area (Å²) in [6, 6.07) is 10.5. The van der Waals surface area contributed by atoms with Gasteiger partial charge < -0.3 is 10.1 Å². The van der Waals surface area contributed by atoms with Crippen LogP contribution in [-0.2, 0) is 4.79 Å². The third kappa shape index (κ3) is 5.06. The first-order valence-corrected chi connectivity index (χ1v) is 9.01. The third-order valence-electron chi connectivity index (χ3n) is 4.37. The summed E-state index contributed by atoms with van der Waals surface area (Å²) in [6.45, 7) is 9.83. The number of rotatable bonds is 7. The summed E-state index contributed by atoms with van der Waals surface area (Å²) >= 11 is 0. The van der Waals surface area contributed by atoms with Crippen LogP contribution in [0.5, 0.6) is 5.75 Å². The Labute approximate surface area is 159 Å². The van der Waals surface area contributed by atoms with E-state index in [9.17, 15) is 14.9 Å². The van der Waals surface area contributed by atoms with Crippen molar-refractivity contribution in [3.63, 3.8) is 0 Å². The number of carbonyl (C=O) groups excluding carboxylic acids is 1. The molecule has 0 fully saturated rings. The molecular weight excluding hydrogens is 344 g/mol. The number of amides is 1. The number of nitrogens with one attached hydrogen (secondary N) is 1. The zero-order valence-corrected chi connectivity index (χ0v) is 16.4. The highest BCUT2D eigenvalue weighted by Crippen LogP contribution is 2.32. The molecule has 0 aliphatic heterocycles. The average molecular weight is 370 g/mol. The summed E-state index contributed by atoms with van der Waals surface area (Å²) in [5, 5.41) is 13.9. The van der Waals surface area contributed by atoms with Gasteiger partial charge in [0.25, 0.3) is 11.6 Å². The lowest BCUT2D eigenvalue weighted by molar-refractivity contribution is -0.385. The molecule has 0 spiro atoms. The van der Waals surface area contributed by atoms with Crippen molar-refractivity contribution in [1.82, 2.24) is 0 Å². The van der Waals surface area contributed by atoms with Crippen LogP contribution in [0, 0.1) is 17.0 Å². The molecule has 1 N–H and O–H groups in total. The van der Waals surface area contributed by atoms with Gasteiger partial charge in [0.2, 0.25) is 0 Å². The van der Waals surface area contributed by atoms with E-state index in [1.165, 1.54) is 12.1 Å². The van der Waals surface area contributed by atoms with Gasteiger partial charge in [-0.05, 0) is 42.0 Å². The van der Waals surface area contributed by atoms with Crippen LogP contribution in [0.1, 0.15) is 56.2 Å². The molecule has 0 saturated heterocycles. The number of anilines is 1. The maximum absolute atomic E-state index is 12.5. The number of nitro benzene ring substituents is 1. The van der Waals surface area contributed by atoms with Crippen LogP contribution in [0.15, 0.2) is 36.4 Å². The number of hydrogen-bond donors (Lipinski definition) is 1. The van der Waals surface area contributed by atoms with Gasteiger partial charge in [-0.3, -0.25) is 14.9 Å². The zero-order chi connectivity index (χ0) is 20.1. The predicted molar refractivity (Wildman–Crippen MR) is 107 cm³/mol. The van der Waals surface area contributed by atoms with Crippen molar-refractivity contribution in [1.29, 1.82) is 0 Å². The van der Waals surface area contributed by atoms with E-state index in [0.717, 1.165) is 16.8 Å². The second-order valence-electron chi connectivity index (χ2n) is 7.16. The number of hydrogen-bond acceptors (Lipinski definition) is 4. The smallest absolute Gasteiger partial charge is 0.272 e. The lowest BCUT2D eigenvalue weighted by Crippen LogP contribution is -2.22. The molecule has 0 aliphatic rings. The Morgan fingerprint density at radius 2 is 1.70 bits per heavy atom. The van der Waals surface area contributed by atoms with Gasteiger partial charge in [0.15, 0.2) is 6.61 Å². The maximum atomic E-state index is 12.5. The van der Waals surface area contributed by atoms with Gasteiger partial charge in [0.05, 0.1) is 4.92 Å². The molecule has 6 heteroatoms. The minimum absolute atomic E-state index is 0.0271. The first kappa shape index (κ1) is 20.4. The summed E-state index contributed by atoms with van der Waals surface area (Å²) in [4.78, 5) is 22.9. The Morgan fingerprint density at radius 3 is 2.19 bits per heavy atom. The lowest BCUT2D eigenvalue weighted by atomic mass is 9.92. The minimum atomic E-state index is -0.442. The molecule has 0 radical (unpaired) electrons. The number of carbonyl (C=O) groups is 1. The number of para-hydroxylation sites is 1. The molecule has 2 rings (SSSR count). The van der Waals surface area contributed by atoms with Crippen molar-refractivity contribution >= 4 is 17.3 Å². The molecule has 144 valence electrons. The van der Waals surface area contributed by atoms with Crippen molar-refractivity contribution < 1.29 is 14.5 Å².